The number of nitrogens with one attached hydrogen (secondary N) is 1. The predicted octanol–water partition coefficient (Wildman–Crippen LogP) is 1.49. The van der Waals surface area contributed by atoms with Crippen LogP contribution < -0.4 is 16.0 Å². The van der Waals surface area contributed by atoms with Crippen molar-refractivity contribution in [1.29, 1.82) is 0 Å². The molecule has 3 aromatic rings. The maximum absolute atomic E-state index is 12.5. The van der Waals surface area contributed by atoms with E-state index in [4.69, 9.17) is 11.2 Å². The Hall–Kier alpha value is -4.19. The molecule has 1 N–H and O–H groups in total. The van der Waals surface area contributed by atoms with Crippen LogP contribution in [0.3, 0.4) is 0 Å². The number of hydrogen-bond acceptors (Lipinski definition) is 6. The van der Waals surface area contributed by atoms with Gasteiger partial charge in [0.05, 0.1) is 22.0 Å². The first kappa shape index (κ1) is 17.6. The molecule has 9 heteroatoms. The molecule has 0 unspecified atom stereocenters. The maximum atomic E-state index is 12.5. The van der Waals surface area contributed by atoms with Crippen molar-refractivity contribution in [2.45, 2.75) is 0 Å². The molecule has 1 heterocycles. The minimum atomic E-state index is -0.744. The van der Waals surface area contributed by atoms with E-state index in [-0.39, 0.29) is 29.0 Å². The normalized spacial score (nSPS) is 10.8. The molecule has 0 aliphatic carbocycles. The van der Waals surface area contributed by atoms with E-state index >= 15 is 0 Å². The van der Waals surface area contributed by atoms with Crippen LogP contribution in [0.4, 0.5) is 5.69 Å². The van der Waals surface area contributed by atoms with Gasteiger partial charge in [-0.25, -0.2) is 4.79 Å². The van der Waals surface area contributed by atoms with E-state index in [2.05, 4.69) is 16.0 Å². The van der Waals surface area contributed by atoms with E-state index in [1.165, 1.54) is 18.2 Å². The number of ether oxygens (including phenoxy) is 1. The number of hydrogen-bond donors (Lipinski definition) is 1. The van der Waals surface area contributed by atoms with Crippen molar-refractivity contribution >= 4 is 22.8 Å². The number of rotatable bonds is 5. The number of fused-ring (bicyclic) bond motifs is 1. The van der Waals surface area contributed by atoms with Crippen LogP contribution in [-0.2, 0) is 0 Å². The summed E-state index contributed by atoms with van der Waals surface area (Å²) in [7, 11) is 0. The zero-order chi connectivity index (χ0) is 19.4. The van der Waals surface area contributed by atoms with Gasteiger partial charge < -0.3 is 9.72 Å². The molecule has 27 heavy (non-hydrogen) atoms. The molecule has 0 fully saturated rings. The van der Waals surface area contributed by atoms with Gasteiger partial charge in [-0.2, -0.15) is 5.10 Å². The lowest BCUT2D eigenvalue weighted by Gasteiger charge is -2.06. The van der Waals surface area contributed by atoms with Crippen LogP contribution in [0.15, 0.2) is 57.2 Å². The zero-order valence-electron chi connectivity index (χ0n) is 13.8. The van der Waals surface area contributed by atoms with Gasteiger partial charge in [-0.15, -0.1) is 11.1 Å². The molecule has 3 rings (SSSR count). The van der Waals surface area contributed by atoms with Crippen molar-refractivity contribution in [3.05, 3.63) is 79.0 Å². The molecule has 2 aromatic carbocycles. The Balaban J connectivity index is 2.10. The van der Waals surface area contributed by atoms with Crippen LogP contribution in [0.25, 0.3) is 10.9 Å². The highest BCUT2D eigenvalue weighted by atomic mass is 16.6. The van der Waals surface area contributed by atoms with Gasteiger partial charge in [0.25, 0.3) is 11.2 Å². The fourth-order valence-corrected chi connectivity index (χ4v) is 2.38. The standard InChI is InChI=1S/C18H12N4O5/c1-2-9-27-16-8-7-13(22(25)26)10-12(16)11-19-21-17(23)14-5-3-4-6-15(14)20-18(21)24/h1,3-8,10-11H,9H2,(H,20,24). The van der Waals surface area contributed by atoms with Gasteiger partial charge in [0.2, 0.25) is 0 Å². The molecule has 0 spiro atoms. The largest absolute Gasteiger partial charge is 0.480 e. The van der Waals surface area contributed by atoms with Crippen molar-refractivity contribution < 1.29 is 9.66 Å². The molecule has 0 saturated heterocycles. The first-order chi connectivity index (χ1) is 13.0. The van der Waals surface area contributed by atoms with Crippen LogP contribution in [0, 0.1) is 22.5 Å². The van der Waals surface area contributed by atoms with Gasteiger partial charge in [-0.3, -0.25) is 14.9 Å². The molecule has 134 valence electrons. The maximum Gasteiger partial charge on any atom is 0.349 e. The van der Waals surface area contributed by atoms with Crippen LogP contribution >= 0.6 is 0 Å². The number of non-ortho nitro benzene ring substituents is 1. The smallest absolute Gasteiger partial charge is 0.349 e. The summed E-state index contributed by atoms with van der Waals surface area (Å²) in [6, 6.07) is 10.3. The summed E-state index contributed by atoms with van der Waals surface area (Å²) >= 11 is 0. The van der Waals surface area contributed by atoms with Crippen molar-refractivity contribution in [2.24, 2.45) is 5.10 Å². The van der Waals surface area contributed by atoms with Gasteiger partial charge in [0.15, 0.2) is 0 Å². The fraction of sp³-hybridized carbons (Fsp3) is 0.0556. The molecule has 0 aliphatic rings. The summed E-state index contributed by atoms with van der Waals surface area (Å²) in [4.78, 5) is 37.5. The Morgan fingerprint density at radius 2 is 2.07 bits per heavy atom. The third-order valence-corrected chi connectivity index (χ3v) is 3.61. The summed E-state index contributed by atoms with van der Waals surface area (Å²) in [5, 5.41) is 15.1. The fourth-order valence-electron chi connectivity index (χ4n) is 2.38. The molecule has 0 aliphatic heterocycles. The first-order valence-corrected chi connectivity index (χ1v) is 7.64. The Kier molecular flexibility index (Phi) is 4.81. The Labute approximate surface area is 151 Å². The number of aromatic amines is 1. The second-order valence-electron chi connectivity index (χ2n) is 5.31. The van der Waals surface area contributed by atoms with Gasteiger partial charge in [0, 0.05) is 17.7 Å². The lowest BCUT2D eigenvalue weighted by atomic mass is 10.2. The Morgan fingerprint density at radius 1 is 1.30 bits per heavy atom. The second-order valence-corrected chi connectivity index (χ2v) is 5.31. The van der Waals surface area contributed by atoms with E-state index in [1.807, 2.05) is 0 Å². The minimum Gasteiger partial charge on any atom is -0.480 e. The van der Waals surface area contributed by atoms with E-state index in [0.717, 1.165) is 6.21 Å². The van der Waals surface area contributed by atoms with Gasteiger partial charge in [0.1, 0.15) is 12.4 Å². The van der Waals surface area contributed by atoms with Crippen molar-refractivity contribution in [3.8, 4) is 18.1 Å². The van der Waals surface area contributed by atoms with E-state index in [0.29, 0.717) is 10.2 Å². The Bertz CT molecular complexity index is 1220. The summed E-state index contributed by atoms with van der Waals surface area (Å²) < 4.78 is 5.95. The molecule has 0 amide bonds. The zero-order valence-corrected chi connectivity index (χ0v) is 13.8. The van der Waals surface area contributed by atoms with Crippen LogP contribution in [0.5, 0.6) is 5.75 Å². The molecule has 0 saturated carbocycles. The summed E-state index contributed by atoms with van der Waals surface area (Å²) in [6.45, 7) is -0.0604. The molecular formula is C18H12N4O5. The number of H-pyrrole nitrogens is 1. The van der Waals surface area contributed by atoms with Crippen LogP contribution in [0.2, 0.25) is 0 Å². The number of nitrogens with zero attached hydrogens (tertiary/aromatic N) is 3. The quantitative estimate of drug-likeness (QED) is 0.318. The summed E-state index contributed by atoms with van der Waals surface area (Å²) in [5.41, 5.74) is -0.996. The predicted molar refractivity (Wildman–Crippen MR) is 99.2 cm³/mol. The Morgan fingerprint density at radius 3 is 2.81 bits per heavy atom. The molecule has 0 atom stereocenters. The van der Waals surface area contributed by atoms with Gasteiger partial charge in [-0.05, 0) is 18.2 Å². The van der Waals surface area contributed by atoms with Crippen molar-refractivity contribution in [2.75, 3.05) is 6.61 Å². The number of nitro groups is 1. The minimum absolute atomic E-state index is 0.0604. The highest BCUT2D eigenvalue weighted by Gasteiger charge is 2.11. The lowest BCUT2D eigenvalue weighted by Crippen LogP contribution is -2.32. The van der Waals surface area contributed by atoms with E-state index in [9.17, 15) is 19.7 Å². The van der Waals surface area contributed by atoms with Crippen LogP contribution in [0.1, 0.15) is 5.56 Å². The average Bonchev–Trinajstić information content (AvgIpc) is 2.66. The second kappa shape index (κ2) is 7.37. The molecular weight excluding hydrogens is 352 g/mol. The molecule has 0 bridgehead atoms. The number of para-hydroxylation sites is 1. The van der Waals surface area contributed by atoms with Crippen molar-refractivity contribution in [3.63, 3.8) is 0 Å². The van der Waals surface area contributed by atoms with E-state index < -0.39 is 16.2 Å². The molecule has 1 aromatic heterocycles. The monoisotopic (exact) mass is 364 g/mol. The highest BCUT2D eigenvalue weighted by molar-refractivity contribution is 5.85. The number of terminal acetylenes is 1. The molecule has 9 nitrogen and oxygen atoms in total. The summed E-state index contributed by atoms with van der Waals surface area (Å²) in [5.74, 6) is 2.51. The topological polar surface area (TPSA) is 120 Å². The number of nitro benzene ring substituents is 1. The summed E-state index contributed by atoms with van der Waals surface area (Å²) in [6.07, 6.45) is 6.28. The van der Waals surface area contributed by atoms with Crippen molar-refractivity contribution in [1.82, 2.24) is 9.66 Å². The SMILES string of the molecule is C#CCOc1ccc([N+](=O)[O-])cc1C=Nn1c(=O)[nH]c2ccccc2c1=O. The first-order valence-electron chi connectivity index (χ1n) is 7.64. The average molecular weight is 364 g/mol. The number of aromatic nitrogens is 2. The number of benzene rings is 2. The van der Waals surface area contributed by atoms with Gasteiger partial charge >= 0.3 is 5.69 Å². The van der Waals surface area contributed by atoms with Gasteiger partial charge in [-0.1, -0.05) is 18.1 Å². The third kappa shape index (κ3) is 3.59. The van der Waals surface area contributed by atoms with E-state index in [1.54, 1.807) is 24.3 Å². The third-order valence-electron chi connectivity index (χ3n) is 3.61. The highest BCUT2D eigenvalue weighted by Crippen LogP contribution is 2.22. The molecule has 0 radical (unpaired) electrons. The lowest BCUT2D eigenvalue weighted by molar-refractivity contribution is -0.384. The van der Waals surface area contributed by atoms with Crippen LogP contribution in [-0.4, -0.2) is 27.4 Å².